The second-order valence-electron chi connectivity index (χ2n) is 5.89. The van der Waals surface area contributed by atoms with Gasteiger partial charge in [0.2, 0.25) is 5.95 Å². The molecule has 1 aromatic heterocycles. The number of nitriles is 1. The number of anilines is 3. The second kappa shape index (κ2) is 8.63. The van der Waals surface area contributed by atoms with Gasteiger partial charge in [-0.05, 0) is 18.6 Å². The molecule has 0 amide bonds. The lowest BCUT2D eigenvalue weighted by Crippen LogP contribution is -2.07. The van der Waals surface area contributed by atoms with Crippen molar-refractivity contribution in [3.8, 4) is 17.3 Å². The van der Waals surface area contributed by atoms with Crippen LogP contribution < -0.4 is 10.6 Å². The smallest absolute Gasteiger partial charge is 0.229 e. The minimum atomic E-state index is 0.466. The number of nitrogens with one attached hydrogen (secondary N) is 2. The van der Waals surface area contributed by atoms with E-state index in [9.17, 15) is 5.26 Å². The molecule has 0 fully saturated rings. The fourth-order valence-corrected chi connectivity index (χ4v) is 2.55. The molecule has 26 heavy (non-hydrogen) atoms. The highest BCUT2D eigenvalue weighted by atomic mass is 15.1. The summed E-state index contributed by atoms with van der Waals surface area (Å²) in [6.07, 6.45) is 2.19. The molecule has 5 nitrogen and oxygen atoms in total. The Morgan fingerprint density at radius 3 is 2.54 bits per heavy atom. The number of unbranched alkanes of at least 4 members (excludes halogenated alkanes) is 1. The predicted molar refractivity (Wildman–Crippen MR) is 105 cm³/mol. The molecule has 0 saturated heterocycles. The van der Waals surface area contributed by atoms with Gasteiger partial charge >= 0.3 is 0 Å². The predicted octanol–water partition coefficient (Wildman–Crippen LogP) is 4.97. The van der Waals surface area contributed by atoms with Gasteiger partial charge in [0.25, 0.3) is 0 Å². The Hall–Kier alpha value is -3.39. The van der Waals surface area contributed by atoms with E-state index in [1.807, 2.05) is 54.6 Å². The Balaban J connectivity index is 1.95. The van der Waals surface area contributed by atoms with Gasteiger partial charge < -0.3 is 10.6 Å². The SMILES string of the molecule is CCCCNc1cc(-c2ccccc2)nc(Nc2ccccc2C#N)n1. The fourth-order valence-electron chi connectivity index (χ4n) is 2.55. The van der Waals surface area contributed by atoms with Crippen molar-refractivity contribution in [2.75, 3.05) is 17.2 Å². The molecule has 5 heteroatoms. The summed E-state index contributed by atoms with van der Waals surface area (Å²) in [7, 11) is 0. The van der Waals surface area contributed by atoms with Crippen LogP contribution in [-0.2, 0) is 0 Å². The number of hydrogen-bond donors (Lipinski definition) is 2. The van der Waals surface area contributed by atoms with Crippen molar-refractivity contribution in [2.45, 2.75) is 19.8 Å². The lowest BCUT2D eigenvalue weighted by atomic mass is 10.1. The Kier molecular flexibility index (Phi) is 5.79. The van der Waals surface area contributed by atoms with Crippen LogP contribution >= 0.6 is 0 Å². The van der Waals surface area contributed by atoms with E-state index in [0.717, 1.165) is 36.5 Å². The summed E-state index contributed by atoms with van der Waals surface area (Å²) in [5, 5.41) is 15.8. The third-order valence-electron chi connectivity index (χ3n) is 3.93. The van der Waals surface area contributed by atoms with Crippen molar-refractivity contribution in [1.82, 2.24) is 9.97 Å². The maximum atomic E-state index is 9.28. The van der Waals surface area contributed by atoms with Crippen LogP contribution in [-0.4, -0.2) is 16.5 Å². The number of para-hydroxylation sites is 1. The van der Waals surface area contributed by atoms with Crippen LogP contribution in [0.1, 0.15) is 25.3 Å². The van der Waals surface area contributed by atoms with E-state index >= 15 is 0 Å². The molecule has 1 heterocycles. The lowest BCUT2D eigenvalue weighted by molar-refractivity contribution is 0.830. The average Bonchev–Trinajstić information content (AvgIpc) is 2.69. The van der Waals surface area contributed by atoms with Crippen molar-refractivity contribution in [3.05, 3.63) is 66.2 Å². The maximum absolute atomic E-state index is 9.28. The molecule has 130 valence electrons. The monoisotopic (exact) mass is 343 g/mol. The summed E-state index contributed by atoms with van der Waals surface area (Å²) in [4.78, 5) is 9.19. The third kappa shape index (κ3) is 4.37. The molecule has 0 atom stereocenters. The van der Waals surface area contributed by atoms with Gasteiger partial charge in [-0.25, -0.2) is 4.98 Å². The van der Waals surface area contributed by atoms with E-state index < -0.39 is 0 Å². The first kappa shape index (κ1) is 17.4. The number of aromatic nitrogens is 2. The molecule has 0 aliphatic heterocycles. The Morgan fingerprint density at radius 1 is 1.00 bits per heavy atom. The van der Waals surface area contributed by atoms with Gasteiger partial charge in [-0.1, -0.05) is 55.8 Å². The summed E-state index contributed by atoms with van der Waals surface area (Å²) < 4.78 is 0. The fraction of sp³-hybridized carbons (Fsp3) is 0.190. The largest absolute Gasteiger partial charge is 0.370 e. The molecule has 0 unspecified atom stereocenters. The minimum Gasteiger partial charge on any atom is -0.370 e. The molecular formula is C21H21N5. The maximum Gasteiger partial charge on any atom is 0.229 e. The van der Waals surface area contributed by atoms with E-state index in [4.69, 9.17) is 0 Å². The van der Waals surface area contributed by atoms with Crippen molar-refractivity contribution in [1.29, 1.82) is 5.26 Å². The zero-order valence-corrected chi connectivity index (χ0v) is 14.7. The molecular weight excluding hydrogens is 322 g/mol. The molecule has 0 radical (unpaired) electrons. The van der Waals surface area contributed by atoms with Gasteiger partial charge in [0.15, 0.2) is 0 Å². The Labute approximate surface area is 153 Å². The summed E-state index contributed by atoms with van der Waals surface area (Å²) >= 11 is 0. The molecule has 3 aromatic rings. The number of benzene rings is 2. The van der Waals surface area contributed by atoms with E-state index in [-0.39, 0.29) is 0 Å². The Morgan fingerprint density at radius 2 is 1.77 bits per heavy atom. The van der Waals surface area contributed by atoms with E-state index in [2.05, 4.69) is 33.6 Å². The number of nitrogens with zero attached hydrogens (tertiary/aromatic N) is 3. The van der Waals surface area contributed by atoms with Gasteiger partial charge in [-0.3, -0.25) is 0 Å². The first-order valence-corrected chi connectivity index (χ1v) is 8.74. The zero-order valence-electron chi connectivity index (χ0n) is 14.7. The second-order valence-corrected chi connectivity index (χ2v) is 5.89. The topological polar surface area (TPSA) is 73.6 Å². The van der Waals surface area contributed by atoms with E-state index in [0.29, 0.717) is 17.2 Å². The van der Waals surface area contributed by atoms with Gasteiger partial charge in [0.1, 0.15) is 11.9 Å². The van der Waals surface area contributed by atoms with Crippen molar-refractivity contribution in [2.24, 2.45) is 0 Å². The number of rotatable bonds is 7. The molecule has 0 spiro atoms. The zero-order chi connectivity index (χ0) is 18.2. The molecule has 0 aliphatic rings. The van der Waals surface area contributed by atoms with Gasteiger partial charge in [0, 0.05) is 18.2 Å². The average molecular weight is 343 g/mol. The lowest BCUT2D eigenvalue weighted by Gasteiger charge is -2.12. The normalized spacial score (nSPS) is 10.2. The van der Waals surface area contributed by atoms with Crippen LogP contribution in [0.25, 0.3) is 11.3 Å². The highest BCUT2D eigenvalue weighted by Crippen LogP contribution is 2.24. The minimum absolute atomic E-state index is 0.466. The highest BCUT2D eigenvalue weighted by Gasteiger charge is 2.09. The van der Waals surface area contributed by atoms with Crippen molar-refractivity contribution >= 4 is 17.5 Å². The van der Waals surface area contributed by atoms with E-state index in [1.54, 1.807) is 6.07 Å². The van der Waals surface area contributed by atoms with Crippen LogP contribution in [0.5, 0.6) is 0 Å². The molecule has 0 aliphatic carbocycles. The highest BCUT2D eigenvalue weighted by molar-refractivity contribution is 5.68. The van der Waals surface area contributed by atoms with Crippen LogP contribution in [0.15, 0.2) is 60.7 Å². The molecule has 0 saturated carbocycles. The summed E-state index contributed by atoms with van der Waals surface area (Å²) in [5.41, 5.74) is 3.10. The van der Waals surface area contributed by atoms with Crippen molar-refractivity contribution in [3.63, 3.8) is 0 Å². The number of hydrogen-bond acceptors (Lipinski definition) is 5. The standard InChI is InChI=1S/C21H21N5/c1-2-3-13-23-20-14-19(16-9-5-4-6-10-16)25-21(26-20)24-18-12-8-7-11-17(18)15-22/h4-12,14H,2-3,13H2,1H3,(H2,23,24,25,26). The van der Waals surface area contributed by atoms with Gasteiger partial charge in [-0.2, -0.15) is 10.2 Å². The molecule has 0 bridgehead atoms. The first-order chi connectivity index (χ1) is 12.8. The Bertz CT molecular complexity index is 900. The van der Waals surface area contributed by atoms with Gasteiger partial charge in [0.05, 0.1) is 16.9 Å². The summed E-state index contributed by atoms with van der Waals surface area (Å²) in [6, 6.07) is 21.5. The molecule has 2 N–H and O–H groups in total. The van der Waals surface area contributed by atoms with Crippen LogP contribution in [0, 0.1) is 11.3 Å². The summed E-state index contributed by atoms with van der Waals surface area (Å²) in [6.45, 7) is 3.01. The van der Waals surface area contributed by atoms with Crippen LogP contribution in [0.3, 0.4) is 0 Å². The first-order valence-electron chi connectivity index (χ1n) is 8.74. The van der Waals surface area contributed by atoms with Gasteiger partial charge in [-0.15, -0.1) is 0 Å². The van der Waals surface area contributed by atoms with Crippen LogP contribution in [0.4, 0.5) is 17.5 Å². The molecule has 3 rings (SSSR count). The molecule has 2 aromatic carbocycles. The van der Waals surface area contributed by atoms with Crippen LogP contribution in [0.2, 0.25) is 0 Å². The summed E-state index contributed by atoms with van der Waals surface area (Å²) in [5.74, 6) is 1.23. The van der Waals surface area contributed by atoms with E-state index in [1.165, 1.54) is 0 Å². The van der Waals surface area contributed by atoms with Crippen molar-refractivity contribution < 1.29 is 0 Å². The third-order valence-corrected chi connectivity index (χ3v) is 3.93. The quantitative estimate of drug-likeness (QED) is 0.592.